The van der Waals surface area contributed by atoms with Gasteiger partial charge in [0, 0.05) is 23.5 Å². The van der Waals surface area contributed by atoms with E-state index in [0.717, 1.165) is 53.7 Å². The van der Waals surface area contributed by atoms with E-state index < -0.39 is 0 Å². The maximum Gasteiger partial charge on any atom is 0.252 e. The molecular formula is C27H36N6OS. The zero-order chi connectivity index (χ0) is 25.2. The molecule has 0 unspecified atom stereocenters. The van der Waals surface area contributed by atoms with Crippen molar-refractivity contribution >= 4 is 22.2 Å². The predicted molar refractivity (Wildman–Crippen MR) is 143 cm³/mol. The van der Waals surface area contributed by atoms with Gasteiger partial charge in [-0.25, -0.2) is 4.68 Å². The van der Waals surface area contributed by atoms with E-state index in [1.807, 2.05) is 11.6 Å². The Labute approximate surface area is 211 Å². The minimum atomic E-state index is -0.200. The summed E-state index contributed by atoms with van der Waals surface area (Å²) < 4.78 is 1.98. The fraction of sp³-hybridized carbons (Fsp3) is 0.481. The molecule has 186 valence electrons. The van der Waals surface area contributed by atoms with Crippen LogP contribution in [0.2, 0.25) is 0 Å². The minimum Gasteiger partial charge on any atom is -0.321 e. The second kappa shape index (κ2) is 10.4. The van der Waals surface area contributed by atoms with Crippen LogP contribution < -0.4 is 5.56 Å². The topological polar surface area (TPSA) is 79.7 Å². The highest BCUT2D eigenvalue weighted by Crippen LogP contribution is 2.32. The molecule has 4 rings (SSSR count). The molecule has 1 N–H and O–H groups in total. The van der Waals surface area contributed by atoms with Gasteiger partial charge in [0.2, 0.25) is 0 Å². The first kappa shape index (κ1) is 25.3. The van der Waals surface area contributed by atoms with Crippen LogP contribution in [0, 0.1) is 13.8 Å². The monoisotopic (exact) mass is 492 g/mol. The van der Waals surface area contributed by atoms with Gasteiger partial charge in [0.05, 0.1) is 17.1 Å². The van der Waals surface area contributed by atoms with Crippen LogP contribution in [0.4, 0.5) is 0 Å². The average molecular weight is 493 g/mol. The van der Waals surface area contributed by atoms with Gasteiger partial charge in [-0.15, -0.1) is 16.4 Å². The van der Waals surface area contributed by atoms with Crippen LogP contribution in [-0.4, -0.2) is 30.1 Å². The van der Waals surface area contributed by atoms with Gasteiger partial charge in [-0.3, -0.25) is 9.69 Å². The number of nitrogens with zero attached hydrogens (tertiary/aromatic N) is 5. The number of hydrogen-bond donors (Lipinski definition) is 1. The van der Waals surface area contributed by atoms with Crippen molar-refractivity contribution in [3.63, 3.8) is 0 Å². The number of pyridine rings is 1. The van der Waals surface area contributed by atoms with E-state index in [1.165, 1.54) is 10.4 Å². The molecule has 0 aliphatic rings. The summed E-state index contributed by atoms with van der Waals surface area (Å²) in [4.78, 5) is 20.0. The SMILES string of the molecule is CCC[C@@H](c1nnnn1C(C)(C)CC)N(Cc1cccs1)Cc1cc2cc(C)cc(C)c2[nH]c1=O. The molecule has 7 nitrogen and oxygen atoms in total. The smallest absolute Gasteiger partial charge is 0.252 e. The number of H-pyrrole nitrogens is 1. The lowest BCUT2D eigenvalue weighted by molar-refractivity contribution is 0.147. The summed E-state index contributed by atoms with van der Waals surface area (Å²) in [5.41, 5.74) is 3.71. The number of rotatable bonds is 10. The largest absolute Gasteiger partial charge is 0.321 e. The highest BCUT2D eigenvalue weighted by Gasteiger charge is 2.31. The second-order valence-electron chi connectivity index (χ2n) is 10.1. The molecule has 4 aromatic rings. The molecule has 3 aromatic heterocycles. The summed E-state index contributed by atoms with van der Waals surface area (Å²) in [5, 5.41) is 16.1. The van der Waals surface area contributed by atoms with Gasteiger partial charge in [0.15, 0.2) is 5.82 Å². The Bertz CT molecular complexity index is 1340. The van der Waals surface area contributed by atoms with Crippen LogP contribution in [0.15, 0.2) is 40.5 Å². The zero-order valence-corrected chi connectivity index (χ0v) is 22.4. The highest BCUT2D eigenvalue weighted by atomic mass is 32.1. The van der Waals surface area contributed by atoms with Crippen molar-refractivity contribution in [2.75, 3.05) is 0 Å². The van der Waals surface area contributed by atoms with Crippen LogP contribution in [0.1, 0.15) is 80.4 Å². The van der Waals surface area contributed by atoms with Gasteiger partial charge in [-0.2, -0.15) is 0 Å². The Morgan fingerprint density at radius 2 is 1.97 bits per heavy atom. The fourth-order valence-electron chi connectivity index (χ4n) is 4.68. The van der Waals surface area contributed by atoms with Crippen molar-refractivity contribution in [2.45, 2.75) is 85.5 Å². The number of tetrazole rings is 1. The van der Waals surface area contributed by atoms with Crippen molar-refractivity contribution < 1.29 is 0 Å². The normalized spacial score (nSPS) is 13.1. The molecule has 0 bridgehead atoms. The van der Waals surface area contributed by atoms with Crippen LogP contribution in [-0.2, 0) is 18.6 Å². The summed E-state index contributed by atoms with van der Waals surface area (Å²) in [6.45, 7) is 14.0. The maximum atomic E-state index is 13.2. The molecule has 35 heavy (non-hydrogen) atoms. The van der Waals surface area contributed by atoms with Crippen molar-refractivity contribution in [2.24, 2.45) is 0 Å². The number of fused-ring (bicyclic) bond motifs is 1. The first-order valence-electron chi connectivity index (χ1n) is 12.4. The summed E-state index contributed by atoms with van der Waals surface area (Å²) in [7, 11) is 0. The van der Waals surface area contributed by atoms with Crippen LogP contribution in [0.5, 0.6) is 0 Å². The van der Waals surface area contributed by atoms with E-state index in [-0.39, 0.29) is 17.1 Å². The summed E-state index contributed by atoms with van der Waals surface area (Å²) in [6, 6.07) is 10.5. The third-order valence-corrected chi connectivity index (χ3v) is 7.78. The lowest BCUT2D eigenvalue weighted by Crippen LogP contribution is -2.36. The Balaban J connectivity index is 1.79. The Kier molecular flexibility index (Phi) is 7.52. The zero-order valence-electron chi connectivity index (χ0n) is 21.6. The highest BCUT2D eigenvalue weighted by molar-refractivity contribution is 7.09. The van der Waals surface area contributed by atoms with E-state index in [0.29, 0.717) is 6.54 Å². The summed E-state index contributed by atoms with van der Waals surface area (Å²) in [5.74, 6) is 0.860. The Morgan fingerprint density at radius 3 is 2.66 bits per heavy atom. The van der Waals surface area contributed by atoms with E-state index in [1.54, 1.807) is 11.3 Å². The molecule has 0 aliphatic heterocycles. The molecule has 1 aromatic carbocycles. The van der Waals surface area contributed by atoms with Gasteiger partial charge < -0.3 is 4.98 Å². The minimum absolute atomic E-state index is 0.0164. The standard InChI is InChI=1S/C27H36N6OS/c1-7-10-23(25-29-30-31-33(25)27(5,6)8-2)32(17-22-11-9-12-35-22)16-21-15-20-14-18(3)13-19(4)24(20)28-26(21)34/h9,11-15,23H,7-8,10,16-17H2,1-6H3,(H,28,34)/t23-/m0/s1. The summed E-state index contributed by atoms with van der Waals surface area (Å²) >= 11 is 1.73. The van der Waals surface area contributed by atoms with Gasteiger partial charge in [-0.05, 0) is 85.5 Å². The Hall–Kier alpha value is -2.84. The second-order valence-corrected chi connectivity index (χ2v) is 11.1. The molecule has 1 atom stereocenters. The lowest BCUT2D eigenvalue weighted by atomic mass is 10.0. The van der Waals surface area contributed by atoms with E-state index in [4.69, 9.17) is 0 Å². The van der Waals surface area contributed by atoms with Crippen molar-refractivity contribution in [1.82, 2.24) is 30.1 Å². The third-order valence-electron chi connectivity index (χ3n) is 6.92. The van der Waals surface area contributed by atoms with Crippen LogP contribution in [0.25, 0.3) is 10.9 Å². The number of aromatic nitrogens is 5. The predicted octanol–water partition coefficient (Wildman–Crippen LogP) is 5.88. The molecule has 0 radical (unpaired) electrons. The number of aromatic amines is 1. The lowest BCUT2D eigenvalue weighted by Gasteiger charge is -2.33. The number of aryl methyl sites for hydroxylation is 2. The fourth-order valence-corrected chi connectivity index (χ4v) is 5.41. The van der Waals surface area contributed by atoms with Crippen molar-refractivity contribution in [3.05, 3.63) is 73.5 Å². The van der Waals surface area contributed by atoms with Gasteiger partial charge >= 0.3 is 0 Å². The quantitative estimate of drug-likeness (QED) is 0.299. The number of nitrogens with one attached hydrogen (secondary N) is 1. The molecular weight excluding hydrogens is 456 g/mol. The van der Waals surface area contributed by atoms with Crippen LogP contribution in [0.3, 0.4) is 0 Å². The summed E-state index contributed by atoms with van der Waals surface area (Å²) in [6.07, 6.45) is 2.80. The van der Waals surface area contributed by atoms with Gasteiger partial charge in [0.25, 0.3) is 5.56 Å². The molecule has 8 heteroatoms. The molecule has 0 spiro atoms. The van der Waals surface area contributed by atoms with Gasteiger partial charge in [-0.1, -0.05) is 38.0 Å². The Morgan fingerprint density at radius 1 is 1.17 bits per heavy atom. The molecule has 0 saturated heterocycles. The number of thiophene rings is 1. The molecule has 0 saturated carbocycles. The van der Waals surface area contributed by atoms with E-state index in [2.05, 4.69) is 95.7 Å². The van der Waals surface area contributed by atoms with E-state index in [9.17, 15) is 4.79 Å². The van der Waals surface area contributed by atoms with Gasteiger partial charge in [0.1, 0.15) is 0 Å². The molecule has 0 amide bonds. The maximum absolute atomic E-state index is 13.2. The number of hydrogen-bond acceptors (Lipinski definition) is 6. The van der Waals surface area contributed by atoms with Crippen LogP contribution >= 0.6 is 11.3 Å². The molecule has 0 aliphatic carbocycles. The van der Waals surface area contributed by atoms with Crippen molar-refractivity contribution in [1.29, 1.82) is 0 Å². The first-order valence-corrected chi connectivity index (χ1v) is 13.3. The third kappa shape index (κ3) is 5.38. The van der Waals surface area contributed by atoms with Crippen molar-refractivity contribution in [3.8, 4) is 0 Å². The molecule has 3 heterocycles. The first-order chi connectivity index (χ1) is 16.7. The molecule has 0 fully saturated rings. The average Bonchev–Trinajstić information content (AvgIpc) is 3.51. The van der Waals surface area contributed by atoms with E-state index >= 15 is 0 Å². The number of benzene rings is 1.